The van der Waals surface area contributed by atoms with E-state index in [4.69, 9.17) is 14.2 Å². The van der Waals surface area contributed by atoms with E-state index in [9.17, 15) is 4.79 Å². The van der Waals surface area contributed by atoms with E-state index >= 15 is 0 Å². The highest BCUT2D eigenvalue weighted by Gasteiger charge is 2.11. The van der Waals surface area contributed by atoms with Crippen molar-refractivity contribution in [2.24, 2.45) is 0 Å². The topological polar surface area (TPSA) is 44.8 Å². The van der Waals surface area contributed by atoms with Crippen molar-refractivity contribution in [2.75, 3.05) is 19.8 Å². The van der Waals surface area contributed by atoms with Crippen molar-refractivity contribution in [1.82, 2.24) is 0 Å². The fourth-order valence-electron chi connectivity index (χ4n) is 1.53. The monoisotopic (exact) mass is 266 g/mol. The van der Waals surface area contributed by atoms with Gasteiger partial charge in [-0.3, -0.25) is 0 Å². The van der Waals surface area contributed by atoms with Gasteiger partial charge in [0.15, 0.2) is 0 Å². The van der Waals surface area contributed by atoms with Gasteiger partial charge in [0.1, 0.15) is 6.61 Å². The summed E-state index contributed by atoms with van der Waals surface area (Å²) in [4.78, 5) is 11.7. The summed E-state index contributed by atoms with van der Waals surface area (Å²) in [6, 6.07) is 8.92. The van der Waals surface area contributed by atoms with Gasteiger partial charge in [0, 0.05) is 6.61 Å². The van der Waals surface area contributed by atoms with E-state index in [0.29, 0.717) is 18.8 Å². The predicted octanol–water partition coefficient (Wildman–Crippen LogP) is 2.67. The molecule has 0 aliphatic carbocycles. The lowest BCUT2D eigenvalue weighted by atomic mass is 10.2. The van der Waals surface area contributed by atoms with Crippen LogP contribution in [-0.2, 0) is 14.2 Å². The van der Waals surface area contributed by atoms with E-state index < -0.39 is 0 Å². The molecule has 0 heterocycles. The third-order valence-corrected chi connectivity index (χ3v) is 2.53. The molecule has 0 saturated heterocycles. The van der Waals surface area contributed by atoms with E-state index in [-0.39, 0.29) is 24.8 Å². The number of carbonyl (C=O) groups is 1. The van der Waals surface area contributed by atoms with Crippen LogP contribution in [-0.4, -0.2) is 38.0 Å². The van der Waals surface area contributed by atoms with Crippen molar-refractivity contribution in [2.45, 2.75) is 33.0 Å². The standard InChI is InChI=1S/C15H22O4/c1-4-17-12(2)10-18-13(3)11-19-15(16)14-8-6-5-7-9-14/h5-9,12-13H,4,10-11H2,1-3H3. The molecular weight excluding hydrogens is 244 g/mol. The van der Waals surface area contributed by atoms with E-state index in [2.05, 4.69) is 0 Å². The second kappa shape index (κ2) is 8.67. The van der Waals surface area contributed by atoms with Gasteiger partial charge in [0.05, 0.1) is 24.4 Å². The van der Waals surface area contributed by atoms with Crippen molar-refractivity contribution < 1.29 is 19.0 Å². The fourth-order valence-corrected chi connectivity index (χ4v) is 1.53. The van der Waals surface area contributed by atoms with Gasteiger partial charge in [0.25, 0.3) is 0 Å². The molecule has 0 aliphatic heterocycles. The van der Waals surface area contributed by atoms with E-state index in [1.807, 2.05) is 26.8 Å². The molecule has 0 amide bonds. The maximum atomic E-state index is 11.7. The Kier molecular flexibility index (Phi) is 7.15. The van der Waals surface area contributed by atoms with Crippen molar-refractivity contribution in [1.29, 1.82) is 0 Å². The SMILES string of the molecule is CCOC(C)COC(C)COC(=O)c1ccccc1. The van der Waals surface area contributed by atoms with Crippen LogP contribution >= 0.6 is 0 Å². The quantitative estimate of drug-likeness (QED) is 0.679. The molecule has 0 saturated carbocycles. The van der Waals surface area contributed by atoms with Crippen LogP contribution in [0.25, 0.3) is 0 Å². The van der Waals surface area contributed by atoms with E-state index in [1.165, 1.54) is 0 Å². The van der Waals surface area contributed by atoms with Crippen LogP contribution < -0.4 is 0 Å². The minimum atomic E-state index is -0.325. The third kappa shape index (κ3) is 6.36. The molecule has 2 atom stereocenters. The number of rotatable bonds is 8. The van der Waals surface area contributed by atoms with Gasteiger partial charge in [-0.1, -0.05) is 18.2 Å². The highest BCUT2D eigenvalue weighted by molar-refractivity contribution is 5.89. The molecule has 0 N–H and O–H groups in total. The smallest absolute Gasteiger partial charge is 0.338 e. The zero-order valence-corrected chi connectivity index (χ0v) is 11.8. The maximum absolute atomic E-state index is 11.7. The van der Waals surface area contributed by atoms with Gasteiger partial charge in [-0.15, -0.1) is 0 Å². The number of esters is 1. The molecule has 4 heteroatoms. The highest BCUT2D eigenvalue weighted by atomic mass is 16.6. The van der Waals surface area contributed by atoms with Crippen molar-refractivity contribution >= 4 is 5.97 Å². The Labute approximate surface area is 114 Å². The Hall–Kier alpha value is -1.39. The first-order valence-electron chi connectivity index (χ1n) is 6.58. The van der Waals surface area contributed by atoms with Gasteiger partial charge in [-0.25, -0.2) is 4.79 Å². The van der Waals surface area contributed by atoms with Crippen molar-refractivity contribution in [3.05, 3.63) is 35.9 Å². The molecule has 0 fully saturated rings. The third-order valence-electron chi connectivity index (χ3n) is 2.53. The summed E-state index contributed by atoms with van der Waals surface area (Å²) in [5.41, 5.74) is 0.553. The molecule has 0 aliphatic rings. The molecule has 19 heavy (non-hydrogen) atoms. The lowest BCUT2D eigenvalue weighted by Crippen LogP contribution is -2.24. The summed E-state index contributed by atoms with van der Waals surface area (Å²) >= 11 is 0. The second-order valence-corrected chi connectivity index (χ2v) is 4.37. The van der Waals surface area contributed by atoms with Gasteiger partial charge < -0.3 is 14.2 Å². The minimum absolute atomic E-state index is 0.0530. The van der Waals surface area contributed by atoms with Crippen molar-refractivity contribution in [3.63, 3.8) is 0 Å². The normalized spacial score (nSPS) is 13.8. The number of ether oxygens (including phenoxy) is 3. The average molecular weight is 266 g/mol. The van der Waals surface area contributed by atoms with Gasteiger partial charge >= 0.3 is 5.97 Å². The molecule has 0 aromatic heterocycles. The van der Waals surface area contributed by atoms with Crippen LogP contribution in [0, 0.1) is 0 Å². The first kappa shape index (κ1) is 15.7. The number of hydrogen-bond acceptors (Lipinski definition) is 4. The molecule has 4 nitrogen and oxygen atoms in total. The minimum Gasteiger partial charge on any atom is -0.459 e. The first-order chi connectivity index (χ1) is 9.13. The fraction of sp³-hybridized carbons (Fsp3) is 0.533. The molecule has 1 aromatic rings. The zero-order valence-electron chi connectivity index (χ0n) is 11.8. The summed E-state index contributed by atoms with van der Waals surface area (Å²) in [5.74, 6) is -0.325. The molecule has 106 valence electrons. The number of carbonyl (C=O) groups excluding carboxylic acids is 1. The van der Waals surface area contributed by atoms with Crippen LogP contribution in [0.2, 0.25) is 0 Å². The molecule has 0 radical (unpaired) electrons. The average Bonchev–Trinajstić information content (AvgIpc) is 2.44. The number of benzene rings is 1. The van der Waals surface area contributed by atoms with E-state index in [0.717, 1.165) is 0 Å². The number of hydrogen-bond donors (Lipinski definition) is 0. The van der Waals surface area contributed by atoms with Gasteiger partial charge in [-0.2, -0.15) is 0 Å². The largest absolute Gasteiger partial charge is 0.459 e. The Balaban J connectivity index is 2.23. The Morgan fingerprint density at radius 2 is 1.68 bits per heavy atom. The van der Waals surface area contributed by atoms with Crippen LogP contribution in [0.1, 0.15) is 31.1 Å². The lowest BCUT2D eigenvalue weighted by Gasteiger charge is -2.17. The summed E-state index contributed by atoms with van der Waals surface area (Å²) in [7, 11) is 0. The molecule has 2 unspecified atom stereocenters. The van der Waals surface area contributed by atoms with E-state index in [1.54, 1.807) is 24.3 Å². The summed E-state index contributed by atoms with van der Waals surface area (Å²) < 4.78 is 16.1. The molecule has 1 aromatic carbocycles. The molecule has 0 bridgehead atoms. The Bertz CT molecular complexity index is 364. The van der Waals surface area contributed by atoms with Crippen LogP contribution in [0.3, 0.4) is 0 Å². The zero-order chi connectivity index (χ0) is 14.1. The predicted molar refractivity (Wildman–Crippen MR) is 73.2 cm³/mol. The lowest BCUT2D eigenvalue weighted by molar-refractivity contribution is -0.0475. The molecular formula is C15H22O4. The van der Waals surface area contributed by atoms with Crippen molar-refractivity contribution in [3.8, 4) is 0 Å². The Morgan fingerprint density at radius 3 is 2.32 bits per heavy atom. The van der Waals surface area contributed by atoms with Crippen LogP contribution in [0.4, 0.5) is 0 Å². The molecule has 1 rings (SSSR count). The Morgan fingerprint density at radius 1 is 1.05 bits per heavy atom. The van der Waals surface area contributed by atoms with Crippen LogP contribution in [0.15, 0.2) is 30.3 Å². The summed E-state index contributed by atoms with van der Waals surface area (Å²) in [6.45, 7) is 7.18. The van der Waals surface area contributed by atoms with Gasteiger partial charge in [0.2, 0.25) is 0 Å². The molecule has 0 spiro atoms. The first-order valence-corrected chi connectivity index (χ1v) is 6.58. The second-order valence-electron chi connectivity index (χ2n) is 4.37. The van der Waals surface area contributed by atoms with Crippen LogP contribution in [0.5, 0.6) is 0 Å². The summed E-state index contributed by atoms with van der Waals surface area (Å²) in [5, 5.41) is 0. The summed E-state index contributed by atoms with van der Waals surface area (Å²) in [6.07, 6.45) is -0.0900. The van der Waals surface area contributed by atoms with Gasteiger partial charge in [-0.05, 0) is 32.9 Å². The highest BCUT2D eigenvalue weighted by Crippen LogP contribution is 2.03. The maximum Gasteiger partial charge on any atom is 0.338 e.